The van der Waals surface area contributed by atoms with Crippen LogP contribution < -0.4 is 5.32 Å². The van der Waals surface area contributed by atoms with E-state index in [1.807, 2.05) is 13.1 Å². The Bertz CT molecular complexity index is 258. The lowest BCUT2D eigenvalue weighted by Crippen LogP contribution is -2.39. The molecule has 0 bridgehead atoms. The SMILES string of the molecule is Cc1cc(C2CNC2)ccn1.Cl. The van der Waals surface area contributed by atoms with Crippen LogP contribution in [-0.4, -0.2) is 18.1 Å². The van der Waals surface area contributed by atoms with Crippen LogP contribution in [0.2, 0.25) is 0 Å². The van der Waals surface area contributed by atoms with E-state index < -0.39 is 0 Å². The monoisotopic (exact) mass is 184 g/mol. The Morgan fingerprint density at radius 2 is 2.25 bits per heavy atom. The molecular formula is C9H13ClN2. The average Bonchev–Trinajstić information content (AvgIpc) is 1.83. The highest BCUT2D eigenvalue weighted by atomic mass is 35.5. The topological polar surface area (TPSA) is 24.9 Å². The van der Waals surface area contributed by atoms with E-state index in [0.29, 0.717) is 0 Å². The van der Waals surface area contributed by atoms with Gasteiger partial charge in [0.25, 0.3) is 0 Å². The lowest BCUT2D eigenvalue weighted by atomic mass is 9.94. The predicted octanol–water partition coefficient (Wildman–Crippen LogP) is 1.50. The van der Waals surface area contributed by atoms with Crippen LogP contribution in [0.25, 0.3) is 0 Å². The molecule has 12 heavy (non-hydrogen) atoms. The second-order valence-corrected chi connectivity index (χ2v) is 3.09. The Hall–Kier alpha value is -0.600. The van der Waals surface area contributed by atoms with Crippen molar-refractivity contribution < 1.29 is 0 Å². The molecular weight excluding hydrogens is 172 g/mol. The average molecular weight is 185 g/mol. The maximum atomic E-state index is 4.16. The molecule has 1 saturated heterocycles. The highest BCUT2D eigenvalue weighted by Crippen LogP contribution is 2.18. The van der Waals surface area contributed by atoms with Crippen molar-refractivity contribution in [2.75, 3.05) is 13.1 Å². The normalized spacial score (nSPS) is 16.4. The molecule has 2 nitrogen and oxygen atoms in total. The van der Waals surface area contributed by atoms with Crippen molar-refractivity contribution in [3.8, 4) is 0 Å². The van der Waals surface area contributed by atoms with Crippen LogP contribution in [0.1, 0.15) is 17.2 Å². The number of rotatable bonds is 1. The number of aromatic nitrogens is 1. The molecule has 2 rings (SSSR count). The molecule has 1 N–H and O–H groups in total. The molecule has 0 saturated carbocycles. The number of halogens is 1. The maximum absolute atomic E-state index is 4.16. The van der Waals surface area contributed by atoms with Crippen molar-refractivity contribution in [2.24, 2.45) is 0 Å². The summed E-state index contributed by atoms with van der Waals surface area (Å²) in [6.45, 7) is 4.29. The molecule has 0 radical (unpaired) electrons. The first kappa shape index (κ1) is 9.49. The Morgan fingerprint density at radius 3 is 2.75 bits per heavy atom. The molecule has 2 heterocycles. The zero-order chi connectivity index (χ0) is 7.68. The van der Waals surface area contributed by atoms with E-state index in [9.17, 15) is 0 Å². The zero-order valence-corrected chi connectivity index (χ0v) is 7.90. The van der Waals surface area contributed by atoms with Gasteiger partial charge in [0, 0.05) is 30.9 Å². The second kappa shape index (κ2) is 3.87. The van der Waals surface area contributed by atoms with Gasteiger partial charge in [-0.05, 0) is 24.6 Å². The van der Waals surface area contributed by atoms with Gasteiger partial charge in [0.05, 0.1) is 0 Å². The summed E-state index contributed by atoms with van der Waals surface area (Å²) >= 11 is 0. The zero-order valence-electron chi connectivity index (χ0n) is 7.08. The molecule has 0 spiro atoms. The summed E-state index contributed by atoms with van der Waals surface area (Å²) < 4.78 is 0. The van der Waals surface area contributed by atoms with Crippen LogP contribution in [0.5, 0.6) is 0 Å². The lowest BCUT2D eigenvalue weighted by molar-refractivity contribution is 0.448. The quantitative estimate of drug-likeness (QED) is 0.716. The molecule has 0 unspecified atom stereocenters. The first-order valence-corrected chi connectivity index (χ1v) is 3.99. The third kappa shape index (κ3) is 1.76. The molecule has 1 fully saturated rings. The van der Waals surface area contributed by atoms with E-state index in [2.05, 4.69) is 22.4 Å². The largest absolute Gasteiger partial charge is 0.315 e. The predicted molar refractivity (Wildman–Crippen MR) is 51.8 cm³/mol. The van der Waals surface area contributed by atoms with Gasteiger partial charge in [-0.15, -0.1) is 12.4 Å². The van der Waals surface area contributed by atoms with Gasteiger partial charge in [-0.1, -0.05) is 0 Å². The minimum Gasteiger partial charge on any atom is -0.315 e. The summed E-state index contributed by atoms with van der Waals surface area (Å²) in [6.07, 6.45) is 1.89. The van der Waals surface area contributed by atoms with Gasteiger partial charge in [-0.3, -0.25) is 4.98 Å². The van der Waals surface area contributed by atoms with Crippen LogP contribution >= 0.6 is 12.4 Å². The molecule has 66 valence electrons. The van der Waals surface area contributed by atoms with Gasteiger partial charge in [-0.25, -0.2) is 0 Å². The van der Waals surface area contributed by atoms with Gasteiger partial charge in [0.2, 0.25) is 0 Å². The van der Waals surface area contributed by atoms with Crippen LogP contribution in [0.4, 0.5) is 0 Å². The van der Waals surface area contributed by atoms with Crippen molar-refractivity contribution >= 4 is 12.4 Å². The summed E-state index contributed by atoms with van der Waals surface area (Å²) in [5, 5.41) is 3.26. The molecule has 1 aliphatic rings. The Labute approximate surface area is 78.8 Å². The fourth-order valence-electron chi connectivity index (χ4n) is 1.35. The van der Waals surface area contributed by atoms with Gasteiger partial charge in [0.15, 0.2) is 0 Å². The van der Waals surface area contributed by atoms with E-state index in [4.69, 9.17) is 0 Å². The summed E-state index contributed by atoms with van der Waals surface area (Å²) in [5.41, 5.74) is 2.55. The number of hydrogen-bond acceptors (Lipinski definition) is 2. The van der Waals surface area contributed by atoms with Crippen LogP contribution in [-0.2, 0) is 0 Å². The molecule has 1 aromatic heterocycles. The minimum atomic E-state index is 0. The van der Waals surface area contributed by atoms with Crippen LogP contribution in [0.15, 0.2) is 18.3 Å². The van der Waals surface area contributed by atoms with Crippen molar-refractivity contribution in [3.05, 3.63) is 29.6 Å². The summed E-state index contributed by atoms with van der Waals surface area (Å²) in [6, 6.07) is 4.28. The lowest BCUT2D eigenvalue weighted by Gasteiger charge is -2.27. The van der Waals surface area contributed by atoms with Crippen LogP contribution in [0.3, 0.4) is 0 Å². The van der Waals surface area contributed by atoms with Gasteiger partial charge >= 0.3 is 0 Å². The first-order valence-electron chi connectivity index (χ1n) is 3.99. The number of nitrogens with one attached hydrogen (secondary N) is 1. The third-order valence-electron chi connectivity index (χ3n) is 2.17. The molecule has 0 aliphatic carbocycles. The Balaban J connectivity index is 0.000000720. The molecule has 0 atom stereocenters. The standard InChI is InChI=1S/C9H12N2.ClH/c1-7-4-8(2-3-11-7)9-5-10-6-9;/h2-4,9-10H,5-6H2,1H3;1H. The third-order valence-corrected chi connectivity index (χ3v) is 2.17. The van der Waals surface area contributed by atoms with Crippen molar-refractivity contribution in [3.63, 3.8) is 0 Å². The van der Waals surface area contributed by atoms with E-state index in [0.717, 1.165) is 24.7 Å². The number of hydrogen-bond donors (Lipinski definition) is 1. The molecule has 0 amide bonds. The van der Waals surface area contributed by atoms with Gasteiger partial charge < -0.3 is 5.32 Å². The Morgan fingerprint density at radius 1 is 1.50 bits per heavy atom. The number of pyridine rings is 1. The summed E-state index contributed by atoms with van der Waals surface area (Å²) in [5.74, 6) is 0.733. The van der Waals surface area contributed by atoms with Crippen LogP contribution in [0, 0.1) is 6.92 Å². The highest BCUT2D eigenvalue weighted by Gasteiger charge is 2.18. The minimum absolute atomic E-state index is 0. The smallest absolute Gasteiger partial charge is 0.0375 e. The number of aryl methyl sites for hydroxylation is 1. The van der Waals surface area contributed by atoms with Crippen molar-refractivity contribution in [1.82, 2.24) is 10.3 Å². The molecule has 1 aliphatic heterocycles. The van der Waals surface area contributed by atoms with E-state index in [1.165, 1.54) is 5.56 Å². The fourth-order valence-corrected chi connectivity index (χ4v) is 1.35. The van der Waals surface area contributed by atoms with Gasteiger partial charge in [0.1, 0.15) is 0 Å². The second-order valence-electron chi connectivity index (χ2n) is 3.09. The molecule has 1 aromatic rings. The maximum Gasteiger partial charge on any atom is 0.0375 e. The van der Waals surface area contributed by atoms with E-state index >= 15 is 0 Å². The van der Waals surface area contributed by atoms with E-state index in [-0.39, 0.29) is 12.4 Å². The van der Waals surface area contributed by atoms with Gasteiger partial charge in [-0.2, -0.15) is 0 Å². The first-order chi connectivity index (χ1) is 5.36. The summed E-state index contributed by atoms with van der Waals surface area (Å²) in [7, 11) is 0. The summed E-state index contributed by atoms with van der Waals surface area (Å²) in [4.78, 5) is 4.16. The number of nitrogens with zero attached hydrogens (tertiary/aromatic N) is 1. The van der Waals surface area contributed by atoms with E-state index in [1.54, 1.807) is 0 Å². The fraction of sp³-hybridized carbons (Fsp3) is 0.444. The molecule has 3 heteroatoms. The van der Waals surface area contributed by atoms with Crippen molar-refractivity contribution in [2.45, 2.75) is 12.8 Å². The Kier molecular flexibility index (Phi) is 3.06. The van der Waals surface area contributed by atoms with Crippen molar-refractivity contribution in [1.29, 1.82) is 0 Å². The molecule has 0 aromatic carbocycles. The highest BCUT2D eigenvalue weighted by molar-refractivity contribution is 5.85.